The third kappa shape index (κ3) is 4.55. The monoisotopic (exact) mass is 537 g/mol. The number of hydrogen-bond donors (Lipinski definition) is 1. The number of halogens is 1. The summed E-state index contributed by atoms with van der Waals surface area (Å²) in [5.74, 6) is 1.55. The summed E-state index contributed by atoms with van der Waals surface area (Å²) >= 11 is 6.26. The molecule has 3 heterocycles. The van der Waals surface area contributed by atoms with Gasteiger partial charge in [-0.05, 0) is 67.9 Å². The maximum atomic E-state index is 14.2. The third-order valence-electron chi connectivity index (χ3n) is 6.96. The maximum absolute atomic E-state index is 14.2. The molecule has 1 aliphatic rings. The van der Waals surface area contributed by atoms with Crippen LogP contribution in [0.25, 0.3) is 11.5 Å². The number of anilines is 1. The summed E-state index contributed by atoms with van der Waals surface area (Å²) in [7, 11) is 0. The highest BCUT2D eigenvalue weighted by molar-refractivity contribution is 6.30. The Kier molecular flexibility index (Phi) is 6.59. The van der Waals surface area contributed by atoms with Crippen molar-refractivity contribution >= 4 is 23.3 Å². The fraction of sp³-hybridized carbons (Fsp3) is 0.161. The second-order valence-electron chi connectivity index (χ2n) is 9.38. The molecule has 7 nitrogen and oxygen atoms in total. The van der Waals surface area contributed by atoms with Gasteiger partial charge in [-0.2, -0.15) is 5.10 Å². The van der Waals surface area contributed by atoms with Gasteiger partial charge in [-0.1, -0.05) is 54.1 Å². The van der Waals surface area contributed by atoms with Gasteiger partial charge in [0.15, 0.2) is 0 Å². The zero-order valence-electron chi connectivity index (χ0n) is 21.7. The Morgan fingerprint density at radius 2 is 1.74 bits per heavy atom. The SMILES string of the molecule is CCOc1ccccc1NC(=O)N1Cc2c(C)nn(-c3ccccc3)c2-n2cccc2C1c1ccc(Cl)cc1. The van der Waals surface area contributed by atoms with Gasteiger partial charge >= 0.3 is 6.03 Å². The number of urea groups is 1. The Labute approximate surface area is 232 Å². The first-order chi connectivity index (χ1) is 19.0. The van der Waals surface area contributed by atoms with Gasteiger partial charge in [0.25, 0.3) is 0 Å². The predicted octanol–water partition coefficient (Wildman–Crippen LogP) is 7.16. The minimum absolute atomic E-state index is 0.241. The number of nitrogens with zero attached hydrogens (tertiary/aromatic N) is 4. The molecule has 3 aromatic carbocycles. The van der Waals surface area contributed by atoms with Gasteiger partial charge in [0.05, 0.1) is 42.0 Å². The number of aryl methyl sites for hydroxylation is 1. The number of para-hydroxylation sites is 3. The van der Waals surface area contributed by atoms with Gasteiger partial charge in [-0.25, -0.2) is 9.48 Å². The second kappa shape index (κ2) is 10.3. The van der Waals surface area contributed by atoms with Gasteiger partial charge in [-0.3, -0.25) is 0 Å². The molecule has 1 aliphatic heterocycles. The van der Waals surface area contributed by atoms with Crippen molar-refractivity contribution in [2.75, 3.05) is 11.9 Å². The van der Waals surface area contributed by atoms with Gasteiger partial charge in [0.2, 0.25) is 0 Å². The van der Waals surface area contributed by atoms with Crippen LogP contribution in [0.1, 0.15) is 35.5 Å². The number of carbonyl (C=O) groups excluding carboxylic acids is 1. The van der Waals surface area contributed by atoms with Crippen molar-refractivity contribution in [1.29, 1.82) is 0 Å². The standard InChI is InChI=1S/C31H28ClN5O2/c1-3-39-28-14-8-7-12-26(28)33-31(38)36-20-25-21(2)34-37(24-10-5-4-6-11-24)30(25)35-19-9-13-27(35)29(36)22-15-17-23(32)18-16-22/h4-19,29H,3,20H2,1-2H3,(H,33,38). The summed E-state index contributed by atoms with van der Waals surface area (Å²) in [6.07, 6.45) is 2.03. The van der Waals surface area contributed by atoms with Crippen molar-refractivity contribution in [3.05, 3.63) is 125 Å². The van der Waals surface area contributed by atoms with Crippen molar-refractivity contribution < 1.29 is 9.53 Å². The number of benzene rings is 3. The number of hydrogen-bond acceptors (Lipinski definition) is 3. The number of aromatic nitrogens is 3. The predicted molar refractivity (Wildman–Crippen MR) is 153 cm³/mol. The molecule has 2 aromatic heterocycles. The molecule has 0 saturated heterocycles. The van der Waals surface area contributed by atoms with Crippen LogP contribution in [0.15, 0.2) is 97.2 Å². The van der Waals surface area contributed by atoms with E-state index in [-0.39, 0.29) is 12.1 Å². The smallest absolute Gasteiger partial charge is 0.323 e. The number of rotatable bonds is 5. The van der Waals surface area contributed by atoms with E-state index in [1.54, 1.807) is 0 Å². The summed E-state index contributed by atoms with van der Waals surface area (Å²) in [6.45, 7) is 4.77. The third-order valence-corrected chi connectivity index (χ3v) is 7.21. The van der Waals surface area contributed by atoms with E-state index in [1.807, 2.05) is 115 Å². The number of ether oxygens (including phenoxy) is 1. The molecule has 0 radical (unpaired) electrons. The minimum atomic E-state index is -0.382. The number of carbonyl (C=O) groups is 1. The van der Waals surface area contributed by atoms with Crippen LogP contribution >= 0.6 is 11.6 Å². The molecule has 0 aliphatic carbocycles. The first-order valence-corrected chi connectivity index (χ1v) is 13.3. The zero-order chi connectivity index (χ0) is 26.9. The van der Waals surface area contributed by atoms with Crippen LogP contribution in [-0.4, -0.2) is 31.9 Å². The molecule has 6 rings (SSSR count). The van der Waals surface area contributed by atoms with Gasteiger partial charge in [-0.15, -0.1) is 0 Å². The molecule has 0 saturated carbocycles. The molecule has 8 heteroatoms. The first-order valence-electron chi connectivity index (χ1n) is 12.9. The van der Waals surface area contributed by atoms with Crippen LogP contribution in [0.3, 0.4) is 0 Å². The Balaban J connectivity index is 1.51. The molecule has 39 heavy (non-hydrogen) atoms. The quantitative estimate of drug-likeness (QED) is 0.259. The lowest BCUT2D eigenvalue weighted by molar-refractivity contribution is 0.194. The fourth-order valence-electron chi connectivity index (χ4n) is 5.18. The Morgan fingerprint density at radius 1 is 1.00 bits per heavy atom. The lowest BCUT2D eigenvalue weighted by atomic mass is 10.0. The van der Waals surface area contributed by atoms with Crippen LogP contribution in [-0.2, 0) is 6.54 Å². The van der Waals surface area contributed by atoms with E-state index in [9.17, 15) is 4.79 Å². The lowest BCUT2D eigenvalue weighted by Gasteiger charge is -2.31. The van der Waals surface area contributed by atoms with Crippen molar-refractivity contribution in [2.45, 2.75) is 26.4 Å². The number of nitrogens with one attached hydrogen (secondary N) is 1. The largest absolute Gasteiger partial charge is 0.492 e. The normalized spacial score (nSPS) is 14.3. The molecule has 1 atom stereocenters. The molecule has 0 bridgehead atoms. The second-order valence-corrected chi connectivity index (χ2v) is 9.82. The van der Waals surface area contributed by atoms with E-state index in [2.05, 4.69) is 16.0 Å². The molecule has 0 fully saturated rings. The van der Waals surface area contributed by atoms with E-state index in [0.717, 1.165) is 34.0 Å². The van der Waals surface area contributed by atoms with Crippen molar-refractivity contribution in [3.8, 4) is 17.3 Å². The molecule has 196 valence electrons. The molecular formula is C31H28ClN5O2. The molecule has 1 N–H and O–H groups in total. The van der Waals surface area contributed by atoms with Crippen LogP contribution in [0, 0.1) is 6.92 Å². The summed E-state index contributed by atoms with van der Waals surface area (Å²) < 4.78 is 9.88. The zero-order valence-corrected chi connectivity index (χ0v) is 22.5. The van der Waals surface area contributed by atoms with E-state index in [1.165, 1.54) is 0 Å². The first kappa shape index (κ1) is 24.8. The topological polar surface area (TPSA) is 64.3 Å². The van der Waals surface area contributed by atoms with Crippen molar-refractivity contribution in [3.63, 3.8) is 0 Å². The van der Waals surface area contributed by atoms with E-state index in [4.69, 9.17) is 21.4 Å². The summed E-state index contributed by atoms with van der Waals surface area (Å²) in [5, 5.41) is 8.67. The molecule has 0 spiro atoms. The number of fused-ring (bicyclic) bond motifs is 3. The minimum Gasteiger partial charge on any atom is -0.492 e. The molecule has 5 aromatic rings. The van der Waals surface area contributed by atoms with Crippen LogP contribution in [0.4, 0.5) is 10.5 Å². The number of amides is 2. The van der Waals surface area contributed by atoms with Crippen LogP contribution in [0.5, 0.6) is 5.75 Å². The van der Waals surface area contributed by atoms with Gasteiger partial charge < -0.3 is 19.5 Å². The summed E-state index contributed by atoms with van der Waals surface area (Å²) in [4.78, 5) is 16.0. The maximum Gasteiger partial charge on any atom is 0.323 e. The lowest BCUT2D eigenvalue weighted by Crippen LogP contribution is -2.38. The Morgan fingerprint density at radius 3 is 2.51 bits per heavy atom. The summed E-state index contributed by atoms with van der Waals surface area (Å²) in [5.41, 5.74) is 5.30. The average molecular weight is 538 g/mol. The highest BCUT2D eigenvalue weighted by atomic mass is 35.5. The Bertz CT molecular complexity index is 1620. The fourth-order valence-corrected chi connectivity index (χ4v) is 5.31. The van der Waals surface area contributed by atoms with Crippen molar-refractivity contribution in [1.82, 2.24) is 19.2 Å². The highest BCUT2D eigenvalue weighted by Crippen LogP contribution is 2.39. The molecular weight excluding hydrogens is 510 g/mol. The summed E-state index contributed by atoms with van der Waals surface area (Å²) in [6, 6.07) is 28.7. The molecule has 2 amide bonds. The highest BCUT2D eigenvalue weighted by Gasteiger charge is 2.36. The van der Waals surface area contributed by atoms with Gasteiger partial charge in [0, 0.05) is 16.8 Å². The van der Waals surface area contributed by atoms with Crippen molar-refractivity contribution in [2.24, 2.45) is 0 Å². The molecule has 1 unspecified atom stereocenters. The van der Waals surface area contributed by atoms with Crippen LogP contribution < -0.4 is 10.1 Å². The average Bonchev–Trinajstić information content (AvgIpc) is 3.51. The van der Waals surface area contributed by atoms with E-state index < -0.39 is 0 Å². The van der Waals surface area contributed by atoms with Crippen LogP contribution in [0.2, 0.25) is 5.02 Å². The Hall–Kier alpha value is -4.49. The van der Waals surface area contributed by atoms with E-state index in [0.29, 0.717) is 29.6 Å². The van der Waals surface area contributed by atoms with E-state index >= 15 is 0 Å². The van der Waals surface area contributed by atoms with Gasteiger partial charge in [0.1, 0.15) is 11.6 Å².